The summed E-state index contributed by atoms with van der Waals surface area (Å²) in [4.78, 5) is 4.09. The summed E-state index contributed by atoms with van der Waals surface area (Å²) in [5.74, 6) is 1.28. The molecule has 0 radical (unpaired) electrons. The molecule has 1 atom stereocenters. The van der Waals surface area contributed by atoms with Crippen molar-refractivity contribution in [1.82, 2.24) is 10.3 Å². The van der Waals surface area contributed by atoms with Crippen LogP contribution < -0.4 is 10.1 Å². The SMILES string of the molecule is Clc1cccnc1OCCC1CCCNC1. The highest BCUT2D eigenvalue weighted by molar-refractivity contribution is 6.31. The molecular formula is C12H17ClN2O. The lowest BCUT2D eigenvalue weighted by Crippen LogP contribution is -2.30. The Kier molecular flexibility index (Phi) is 4.43. The molecule has 1 fully saturated rings. The van der Waals surface area contributed by atoms with E-state index in [4.69, 9.17) is 16.3 Å². The van der Waals surface area contributed by atoms with Crippen molar-refractivity contribution in [2.24, 2.45) is 5.92 Å². The first kappa shape index (κ1) is 11.7. The molecule has 4 heteroatoms. The number of hydrogen-bond donors (Lipinski definition) is 1. The number of halogens is 1. The standard InChI is InChI=1S/C12H17ClN2O/c13-11-4-2-7-15-12(11)16-8-5-10-3-1-6-14-9-10/h2,4,7,10,14H,1,3,5-6,8-9H2. The average Bonchev–Trinajstić information content (AvgIpc) is 2.33. The monoisotopic (exact) mass is 240 g/mol. The van der Waals surface area contributed by atoms with Gasteiger partial charge in [0.1, 0.15) is 5.02 Å². The highest BCUT2D eigenvalue weighted by Gasteiger charge is 2.13. The van der Waals surface area contributed by atoms with Crippen LogP contribution >= 0.6 is 11.6 Å². The van der Waals surface area contributed by atoms with Crippen LogP contribution in [0.2, 0.25) is 5.02 Å². The van der Waals surface area contributed by atoms with Crippen LogP contribution in [-0.4, -0.2) is 24.7 Å². The van der Waals surface area contributed by atoms with Gasteiger partial charge in [0.2, 0.25) is 5.88 Å². The number of ether oxygens (including phenoxy) is 1. The second kappa shape index (κ2) is 6.06. The van der Waals surface area contributed by atoms with Gasteiger partial charge in [-0.15, -0.1) is 0 Å². The second-order valence-electron chi connectivity index (χ2n) is 4.14. The number of hydrogen-bond acceptors (Lipinski definition) is 3. The van der Waals surface area contributed by atoms with E-state index >= 15 is 0 Å². The van der Waals surface area contributed by atoms with Crippen molar-refractivity contribution in [2.45, 2.75) is 19.3 Å². The summed E-state index contributed by atoms with van der Waals surface area (Å²) in [7, 11) is 0. The summed E-state index contributed by atoms with van der Waals surface area (Å²) in [6.07, 6.45) is 5.34. The van der Waals surface area contributed by atoms with E-state index in [1.807, 2.05) is 0 Å². The Bertz CT molecular complexity index is 327. The first-order valence-corrected chi connectivity index (χ1v) is 6.18. The number of nitrogens with one attached hydrogen (secondary N) is 1. The fourth-order valence-corrected chi connectivity index (χ4v) is 2.15. The largest absolute Gasteiger partial charge is 0.477 e. The van der Waals surface area contributed by atoms with E-state index in [0.29, 0.717) is 17.5 Å². The van der Waals surface area contributed by atoms with Crippen molar-refractivity contribution in [2.75, 3.05) is 19.7 Å². The number of aromatic nitrogens is 1. The minimum atomic E-state index is 0.549. The van der Waals surface area contributed by atoms with Crippen molar-refractivity contribution in [3.63, 3.8) is 0 Å². The number of pyridine rings is 1. The zero-order valence-electron chi connectivity index (χ0n) is 9.29. The molecule has 1 N–H and O–H groups in total. The molecular weight excluding hydrogens is 224 g/mol. The van der Waals surface area contributed by atoms with Crippen molar-refractivity contribution in [3.8, 4) is 5.88 Å². The Labute approximate surface area is 101 Å². The van der Waals surface area contributed by atoms with Gasteiger partial charge in [0.25, 0.3) is 0 Å². The molecule has 2 rings (SSSR count). The normalized spacial score (nSPS) is 20.7. The van der Waals surface area contributed by atoms with E-state index < -0.39 is 0 Å². The first-order chi connectivity index (χ1) is 7.86. The van der Waals surface area contributed by atoms with Crippen LogP contribution in [0.3, 0.4) is 0 Å². The van der Waals surface area contributed by atoms with Gasteiger partial charge in [0.05, 0.1) is 6.61 Å². The molecule has 0 saturated carbocycles. The summed E-state index contributed by atoms with van der Waals surface area (Å²) in [5.41, 5.74) is 0. The zero-order chi connectivity index (χ0) is 11.2. The molecule has 3 nitrogen and oxygen atoms in total. The highest BCUT2D eigenvalue weighted by atomic mass is 35.5. The third-order valence-corrected chi connectivity index (χ3v) is 3.18. The van der Waals surface area contributed by atoms with Gasteiger partial charge in [0, 0.05) is 6.20 Å². The third-order valence-electron chi connectivity index (χ3n) is 2.89. The Morgan fingerprint density at radius 2 is 2.50 bits per heavy atom. The van der Waals surface area contributed by atoms with E-state index in [1.54, 1.807) is 18.3 Å². The van der Waals surface area contributed by atoms with Gasteiger partial charge in [0.15, 0.2) is 0 Å². The topological polar surface area (TPSA) is 34.1 Å². The van der Waals surface area contributed by atoms with Crippen LogP contribution in [0.4, 0.5) is 0 Å². The van der Waals surface area contributed by atoms with Crippen LogP contribution in [0.25, 0.3) is 0 Å². The molecule has 1 aliphatic heterocycles. The molecule has 2 heterocycles. The molecule has 1 saturated heterocycles. The van der Waals surface area contributed by atoms with Crippen LogP contribution in [0.5, 0.6) is 5.88 Å². The van der Waals surface area contributed by atoms with Crippen LogP contribution in [0, 0.1) is 5.92 Å². The smallest absolute Gasteiger partial charge is 0.232 e. The maximum Gasteiger partial charge on any atom is 0.232 e. The van der Waals surface area contributed by atoms with Crippen molar-refractivity contribution in [1.29, 1.82) is 0 Å². The first-order valence-electron chi connectivity index (χ1n) is 5.80. The molecule has 88 valence electrons. The number of rotatable bonds is 4. The van der Waals surface area contributed by atoms with Gasteiger partial charge >= 0.3 is 0 Å². The van der Waals surface area contributed by atoms with Crippen molar-refractivity contribution >= 4 is 11.6 Å². The van der Waals surface area contributed by atoms with Crippen LogP contribution in [0.1, 0.15) is 19.3 Å². The number of piperidine rings is 1. The molecule has 16 heavy (non-hydrogen) atoms. The maximum absolute atomic E-state index is 5.95. The molecule has 1 aliphatic rings. The van der Waals surface area contributed by atoms with E-state index in [0.717, 1.165) is 25.4 Å². The van der Waals surface area contributed by atoms with Gasteiger partial charge in [-0.25, -0.2) is 4.98 Å². The maximum atomic E-state index is 5.95. The van der Waals surface area contributed by atoms with Crippen molar-refractivity contribution in [3.05, 3.63) is 23.4 Å². The van der Waals surface area contributed by atoms with E-state index in [2.05, 4.69) is 10.3 Å². The summed E-state index contributed by atoms with van der Waals surface area (Å²) in [6, 6.07) is 3.60. The van der Waals surface area contributed by atoms with E-state index in [-0.39, 0.29) is 0 Å². The number of nitrogens with zero attached hydrogens (tertiary/aromatic N) is 1. The summed E-state index contributed by atoms with van der Waals surface area (Å²) in [5, 5.41) is 3.98. The molecule has 0 amide bonds. The lowest BCUT2D eigenvalue weighted by Gasteiger charge is -2.22. The van der Waals surface area contributed by atoms with Gasteiger partial charge < -0.3 is 10.1 Å². The molecule has 1 aromatic rings. The van der Waals surface area contributed by atoms with Gasteiger partial charge in [-0.1, -0.05) is 11.6 Å². The molecule has 0 aromatic carbocycles. The Morgan fingerprint density at radius 3 is 3.25 bits per heavy atom. The summed E-state index contributed by atoms with van der Waals surface area (Å²) < 4.78 is 5.57. The fourth-order valence-electron chi connectivity index (χ4n) is 1.97. The second-order valence-corrected chi connectivity index (χ2v) is 4.55. The Morgan fingerprint density at radius 1 is 1.56 bits per heavy atom. The molecule has 0 aliphatic carbocycles. The zero-order valence-corrected chi connectivity index (χ0v) is 10.0. The van der Waals surface area contributed by atoms with E-state index in [1.165, 1.54) is 12.8 Å². The molecule has 0 bridgehead atoms. The lowest BCUT2D eigenvalue weighted by molar-refractivity contribution is 0.247. The van der Waals surface area contributed by atoms with Gasteiger partial charge in [-0.3, -0.25) is 0 Å². The minimum absolute atomic E-state index is 0.549. The third kappa shape index (κ3) is 3.35. The minimum Gasteiger partial charge on any atom is -0.477 e. The van der Waals surface area contributed by atoms with Crippen molar-refractivity contribution < 1.29 is 4.74 Å². The molecule has 1 aromatic heterocycles. The summed E-state index contributed by atoms with van der Waals surface area (Å²) in [6.45, 7) is 2.96. The molecule has 0 spiro atoms. The van der Waals surface area contributed by atoms with E-state index in [9.17, 15) is 0 Å². The average molecular weight is 241 g/mol. The van der Waals surface area contributed by atoms with Gasteiger partial charge in [-0.05, 0) is 50.4 Å². The Hall–Kier alpha value is -0.800. The predicted molar refractivity (Wildman–Crippen MR) is 65.0 cm³/mol. The Balaban J connectivity index is 1.73. The summed E-state index contributed by atoms with van der Waals surface area (Å²) >= 11 is 5.95. The van der Waals surface area contributed by atoms with Crippen LogP contribution in [0.15, 0.2) is 18.3 Å². The predicted octanol–water partition coefficient (Wildman–Crippen LogP) is 2.50. The highest BCUT2D eigenvalue weighted by Crippen LogP contribution is 2.21. The van der Waals surface area contributed by atoms with Crippen LogP contribution in [-0.2, 0) is 0 Å². The molecule has 1 unspecified atom stereocenters. The fraction of sp³-hybridized carbons (Fsp3) is 0.583. The van der Waals surface area contributed by atoms with Gasteiger partial charge in [-0.2, -0.15) is 0 Å². The quantitative estimate of drug-likeness (QED) is 0.878. The lowest BCUT2D eigenvalue weighted by atomic mass is 9.97.